The zero-order valence-corrected chi connectivity index (χ0v) is 11.4. The highest BCUT2D eigenvalue weighted by molar-refractivity contribution is 5.06. The first kappa shape index (κ1) is 12.2. The molecule has 0 bridgehead atoms. The van der Waals surface area contributed by atoms with Crippen LogP contribution in [0.5, 0.6) is 0 Å². The van der Waals surface area contributed by atoms with Crippen LogP contribution in [0.2, 0.25) is 0 Å². The monoisotopic (exact) mass is 249 g/mol. The molecule has 0 saturated heterocycles. The molecular weight excluding hydrogens is 226 g/mol. The average Bonchev–Trinajstić information content (AvgIpc) is 2.80. The van der Waals surface area contributed by atoms with Crippen LogP contribution in [-0.4, -0.2) is 22.8 Å². The summed E-state index contributed by atoms with van der Waals surface area (Å²) in [5.41, 5.74) is 0. The molecule has 0 radical (unpaired) electrons. The minimum absolute atomic E-state index is 0.550. The molecule has 2 fully saturated rings. The van der Waals surface area contributed by atoms with Crippen LogP contribution in [0.1, 0.15) is 57.2 Å². The van der Waals surface area contributed by atoms with Crippen molar-refractivity contribution in [3.63, 3.8) is 0 Å². The Morgan fingerprint density at radius 2 is 2.00 bits per heavy atom. The van der Waals surface area contributed by atoms with Gasteiger partial charge in [0.15, 0.2) is 0 Å². The first-order valence-electron chi connectivity index (χ1n) is 7.28. The minimum atomic E-state index is 0.550. The minimum Gasteiger partial charge on any atom is -0.425 e. The predicted molar refractivity (Wildman–Crippen MR) is 69.3 cm³/mol. The summed E-state index contributed by atoms with van der Waals surface area (Å²) >= 11 is 0. The molecule has 2 saturated carbocycles. The van der Waals surface area contributed by atoms with Gasteiger partial charge < -0.3 is 9.73 Å². The van der Waals surface area contributed by atoms with E-state index in [0.717, 1.165) is 43.0 Å². The van der Waals surface area contributed by atoms with Crippen LogP contribution >= 0.6 is 0 Å². The van der Waals surface area contributed by atoms with E-state index in [-0.39, 0.29) is 0 Å². The Labute approximate surface area is 109 Å². The van der Waals surface area contributed by atoms with Gasteiger partial charge in [0.2, 0.25) is 11.8 Å². The molecule has 0 amide bonds. The van der Waals surface area contributed by atoms with Gasteiger partial charge in [-0.2, -0.15) is 0 Å². The van der Waals surface area contributed by atoms with Gasteiger partial charge in [0.25, 0.3) is 0 Å². The summed E-state index contributed by atoms with van der Waals surface area (Å²) < 4.78 is 5.79. The van der Waals surface area contributed by atoms with Crippen LogP contribution < -0.4 is 5.32 Å². The van der Waals surface area contributed by atoms with Crippen LogP contribution in [0.4, 0.5) is 0 Å². The van der Waals surface area contributed by atoms with Crippen molar-refractivity contribution in [2.24, 2.45) is 11.8 Å². The van der Waals surface area contributed by atoms with Crippen LogP contribution in [0, 0.1) is 11.8 Å². The molecule has 1 aromatic rings. The Bertz CT molecular complexity index is 391. The number of fused-ring (bicyclic) bond motifs is 1. The SMILES string of the molecule is CC(C)NCCCc1nnc(C2CC3CC3C2)o1. The highest BCUT2D eigenvalue weighted by Crippen LogP contribution is 2.57. The summed E-state index contributed by atoms with van der Waals surface area (Å²) in [4.78, 5) is 0. The molecule has 2 unspecified atom stereocenters. The van der Waals surface area contributed by atoms with Gasteiger partial charge in [0.05, 0.1) is 0 Å². The highest BCUT2D eigenvalue weighted by atomic mass is 16.4. The van der Waals surface area contributed by atoms with Gasteiger partial charge in [-0.15, -0.1) is 10.2 Å². The predicted octanol–water partition coefficient (Wildman–Crippen LogP) is 2.51. The molecule has 3 rings (SSSR count). The number of hydrogen-bond donors (Lipinski definition) is 1. The maximum Gasteiger partial charge on any atom is 0.219 e. The summed E-state index contributed by atoms with van der Waals surface area (Å²) in [5, 5.41) is 11.8. The molecule has 2 aliphatic rings. The van der Waals surface area contributed by atoms with Crippen molar-refractivity contribution in [1.82, 2.24) is 15.5 Å². The van der Waals surface area contributed by atoms with Crippen molar-refractivity contribution < 1.29 is 4.42 Å². The number of aryl methyl sites for hydroxylation is 1. The van der Waals surface area contributed by atoms with E-state index in [1.165, 1.54) is 19.3 Å². The second kappa shape index (κ2) is 5.00. The molecule has 1 N–H and O–H groups in total. The van der Waals surface area contributed by atoms with Gasteiger partial charge in [0, 0.05) is 18.4 Å². The Hall–Kier alpha value is -0.900. The second-order valence-corrected chi connectivity index (χ2v) is 6.17. The quantitative estimate of drug-likeness (QED) is 0.787. The lowest BCUT2D eigenvalue weighted by molar-refractivity contribution is 0.398. The lowest BCUT2D eigenvalue weighted by atomic mass is 10.0. The smallest absolute Gasteiger partial charge is 0.219 e. The molecule has 0 spiro atoms. The van der Waals surface area contributed by atoms with Gasteiger partial charge >= 0.3 is 0 Å². The molecule has 1 aromatic heterocycles. The summed E-state index contributed by atoms with van der Waals surface area (Å²) in [6.07, 6.45) is 5.96. The average molecular weight is 249 g/mol. The summed E-state index contributed by atoms with van der Waals surface area (Å²) in [7, 11) is 0. The summed E-state index contributed by atoms with van der Waals surface area (Å²) in [5.74, 6) is 4.22. The first-order valence-corrected chi connectivity index (χ1v) is 7.28. The second-order valence-electron chi connectivity index (χ2n) is 6.17. The fourth-order valence-corrected chi connectivity index (χ4v) is 3.08. The van der Waals surface area contributed by atoms with E-state index in [4.69, 9.17) is 4.42 Å². The Kier molecular flexibility index (Phi) is 3.37. The van der Waals surface area contributed by atoms with Crippen LogP contribution in [-0.2, 0) is 6.42 Å². The van der Waals surface area contributed by atoms with Crippen molar-refractivity contribution in [1.29, 1.82) is 0 Å². The highest BCUT2D eigenvalue weighted by Gasteiger charge is 2.47. The Morgan fingerprint density at radius 1 is 1.22 bits per heavy atom. The van der Waals surface area contributed by atoms with Crippen LogP contribution in [0.15, 0.2) is 4.42 Å². The number of hydrogen-bond acceptors (Lipinski definition) is 4. The normalized spacial score (nSPS) is 29.8. The third-order valence-corrected chi connectivity index (χ3v) is 4.20. The standard InChI is InChI=1S/C14H23N3O/c1-9(2)15-5-3-4-13-16-17-14(18-13)12-7-10-6-11(10)8-12/h9-12,15H,3-8H2,1-2H3. The third-order valence-electron chi connectivity index (χ3n) is 4.20. The van der Waals surface area contributed by atoms with Crippen molar-refractivity contribution in [3.8, 4) is 0 Å². The Balaban J connectivity index is 1.45. The molecule has 2 aliphatic carbocycles. The van der Waals surface area contributed by atoms with Crippen LogP contribution in [0.3, 0.4) is 0 Å². The number of rotatable bonds is 6. The van der Waals surface area contributed by atoms with Gasteiger partial charge in [-0.25, -0.2) is 0 Å². The molecule has 1 heterocycles. The van der Waals surface area contributed by atoms with E-state index in [0.29, 0.717) is 12.0 Å². The van der Waals surface area contributed by atoms with E-state index in [9.17, 15) is 0 Å². The van der Waals surface area contributed by atoms with Crippen molar-refractivity contribution in [2.75, 3.05) is 6.54 Å². The number of aromatic nitrogens is 2. The number of nitrogens with one attached hydrogen (secondary N) is 1. The molecule has 0 aromatic carbocycles. The van der Waals surface area contributed by atoms with Gasteiger partial charge in [-0.05, 0) is 44.1 Å². The van der Waals surface area contributed by atoms with Gasteiger partial charge in [-0.3, -0.25) is 0 Å². The molecule has 4 nitrogen and oxygen atoms in total. The lowest BCUT2D eigenvalue weighted by Crippen LogP contribution is -2.23. The maximum atomic E-state index is 5.79. The number of nitrogens with zero attached hydrogens (tertiary/aromatic N) is 2. The van der Waals surface area contributed by atoms with Crippen molar-refractivity contribution in [2.45, 2.75) is 57.9 Å². The fraction of sp³-hybridized carbons (Fsp3) is 0.857. The third kappa shape index (κ3) is 2.74. The topological polar surface area (TPSA) is 51.0 Å². The van der Waals surface area contributed by atoms with Gasteiger partial charge in [-0.1, -0.05) is 13.8 Å². The summed E-state index contributed by atoms with van der Waals surface area (Å²) in [6.45, 7) is 5.34. The van der Waals surface area contributed by atoms with E-state index in [1.54, 1.807) is 0 Å². The molecule has 4 heteroatoms. The molecule has 2 atom stereocenters. The zero-order chi connectivity index (χ0) is 12.5. The van der Waals surface area contributed by atoms with Gasteiger partial charge in [0.1, 0.15) is 0 Å². The molecule has 18 heavy (non-hydrogen) atoms. The largest absolute Gasteiger partial charge is 0.425 e. The zero-order valence-electron chi connectivity index (χ0n) is 11.4. The Morgan fingerprint density at radius 3 is 2.72 bits per heavy atom. The van der Waals surface area contributed by atoms with Crippen molar-refractivity contribution in [3.05, 3.63) is 11.8 Å². The van der Waals surface area contributed by atoms with E-state index < -0.39 is 0 Å². The molecular formula is C14H23N3O. The molecule has 0 aliphatic heterocycles. The van der Waals surface area contributed by atoms with E-state index >= 15 is 0 Å². The maximum absolute atomic E-state index is 5.79. The van der Waals surface area contributed by atoms with E-state index in [1.807, 2.05) is 0 Å². The van der Waals surface area contributed by atoms with Crippen LogP contribution in [0.25, 0.3) is 0 Å². The van der Waals surface area contributed by atoms with Crippen molar-refractivity contribution >= 4 is 0 Å². The molecule has 100 valence electrons. The summed E-state index contributed by atoms with van der Waals surface area (Å²) in [6, 6.07) is 0.550. The van der Waals surface area contributed by atoms with E-state index in [2.05, 4.69) is 29.4 Å². The first-order chi connectivity index (χ1) is 8.72. The fourth-order valence-electron chi connectivity index (χ4n) is 3.08. The lowest BCUT2D eigenvalue weighted by Gasteiger charge is -2.06.